The largest absolute Gasteiger partial charge is 0.352 e. The van der Waals surface area contributed by atoms with E-state index in [-0.39, 0.29) is 25.0 Å². The van der Waals surface area contributed by atoms with Crippen LogP contribution in [-0.2, 0) is 26.2 Å². The maximum Gasteiger partial charge on any atom is 0.244 e. The van der Waals surface area contributed by atoms with Crippen molar-refractivity contribution in [2.45, 2.75) is 78.4 Å². The van der Waals surface area contributed by atoms with Crippen molar-refractivity contribution >= 4 is 27.5 Å². The predicted octanol–water partition coefficient (Wildman–Crippen LogP) is 4.24. The number of benzene rings is 2. The zero-order valence-electron chi connectivity index (χ0n) is 22.1. The van der Waals surface area contributed by atoms with Crippen LogP contribution in [0.1, 0.15) is 61.3 Å². The number of nitrogens with one attached hydrogen (secondary N) is 1. The van der Waals surface area contributed by atoms with Crippen LogP contribution in [0.2, 0.25) is 0 Å². The van der Waals surface area contributed by atoms with E-state index in [1.807, 2.05) is 64.1 Å². The molecule has 2 amide bonds. The molecule has 1 N–H and O–H groups in total. The number of sulfonamides is 1. The van der Waals surface area contributed by atoms with Gasteiger partial charge in [0, 0.05) is 12.6 Å². The van der Waals surface area contributed by atoms with Crippen LogP contribution in [0.4, 0.5) is 5.69 Å². The molecule has 36 heavy (non-hydrogen) atoms. The van der Waals surface area contributed by atoms with E-state index in [4.69, 9.17) is 0 Å². The Hall–Kier alpha value is -2.87. The van der Waals surface area contributed by atoms with Crippen molar-refractivity contribution in [2.24, 2.45) is 0 Å². The third-order valence-electron chi connectivity index (χ3n) is 6.82. The van der Waals surface area contributed by atoms with Gasteiger partial charge in [0.1, 0.15) is 12.6 Å². The summed E-state index contributed by atoms with van der Waals surface area (Å²) in [5.74, 6) is -0.585. The fourth-order valence-electron chi connectivity index (χ4n) is 4.97. The maximum atomic E-state index is 13.8. The second-order valence-electron chi connectivity index (χ2n) is 9.98. The molecule has 7 nitrogen and oxygen atoms in total. The van der Waals surface area contributed by atoms with E-state index in [1.54, 1.807) is 11.0 Å². The molecule has 0 unspecified atom stereocenters. The second kappa shape index (κ2) is 11.9. The van der Waals surface area contributed by atoms with Crippen LogP contribution in [-0.4, -0.2) is 50.0 Å². The van der Waals surface area contributed by atoms with Crippen LogP contribution < -0.4 is 9.62 Å². The summed E-state index contributed by atoms with van der Waals surface area (Å²) in [5.41, 5.74) is 4.19. The fraction of sp³-hybridized carbons (Fsp3) is 0.500. The molecular weight excluding hydrogens is 474 g/mol. The summed E-state index contributed by atoms with van der Waals surface area (Å²) < 4.78 is 26.8. The lowest BCUT2D eigenvalue weighted by atomic mass is 10.1. The molecule has 2 aromatic rings. The number of carbonyl (C=O) groups excluding carboxylic acids is 2. The molecule has 1 atom stereocenters. The lowest BCUT2D eigenvalue weighted by Crippen LogP contribution is -2.53. The molecule has 0 bridgehead atoms. The molecule has 0 saturated heterocycles. The topological polar surface area (TPSA) is 86.8 Å². The number of hydrogen-bond acceptors (Lipinski definition) is 4. The maximum absolute atomic E-state index is 13.8. The normalized spacial score (nSPS) is 14.9. The summed E-state index contributed by atoms with van der Waals surface area (Å²) in [6.45, 7) is 7.48. The summed E-state index contributed by atoms with van der Waals surface area (Å²) in [4.78, 5) is 28.7. The molecular formula is C28H39N3O4S. The van der Waals surface area contributed by atoms with Gasteiger partial charge in [0.05, 0.1) is 11.9 Å². The van der Waals surface area contributed by atoms with Crippen LogP contribution in [0.15, 0.2) is 42.5 Å². The van der Waals surface area contributed by atoms with Crippen molar-refractivity contribution in [3.05, 3.63) is 64.7 Å². The Bertz CT molecular complexity index is 1190. The minimum absolute atomic E-state index is 0.130. The van der Waals surface area contributed by atoms with Crippen LogP contribution >= 0.6 is 0 Å². The van der Waals surface area contributed by atoms with E-state index in [0.29, 0.717) is 12.1 Å². The molecule has 0 aliphatic heterocycles. The molecule has 196 valence electrons. The smallest absolute Gasteiger partial charge is 0.244 e. The molecule has 1 aliphatic carbocycles. The van der Waals surface area contributed by atoms with Gasteiger partial charge in [0.25, 0.3) is 0 Å². The Morgan fingerprint density at radius 3 is 2.28 bits per heavy atom. The first-order chi connectivity index (χ1) is 17.0. The second-order valence-corrected chi connectivity index (χ2v) is 11.9. The first-order valence-electron chi connectivity index (χ1n) is 12.7. The lowest BCUT2D eigenvalue weighted by Gasteiger charge is -2.33. The summed E-state index contributed by atoms with van der Waals surface area (Å²) in [5, 5.41) is 3.13. The predicted molar refractivity (Wildman–Crippen MR) is 144 cm³/mol. The highest BCUT2D eigenvalue weighted by Gasteiger charge is 2.33. The van der Waals surface area contributed by atoms with Gasteiger partial charge >= 0.3 is 0 Å². The van der Waals surface area contributed by atoms with Gasteiger partial charge in [-0.3, -0.25) is 13.9 Å². The fourth-order valence-corrected chi connectivity index (χ4v) is 5.88. The first kappa shape index (κ1) is 27.7. The third-order valence-corrected chi connectivity index (χ3v) is 7.95. The van der Waals surface area contributed by atoms with Crippen LogP contribution in [0, 0.1) is 20.8 Å². The van der Waals surface area contributed by atoms with Crippen molar-refractivity contribution in [1.82, 2.24) is 10.2 Å². The van der Waals surface area contributed by atoms with Gasteiger partial charge in [-0.05, 0) is 57.2 Å². The Kier molecular flexibility index (Phi) is 9.17. The van der Waals surface area contributed by atoms with Crippen molar-refractivity contribution in [1.29, 1.82) is 0 Å². The average Bonchev–Trinajstić information content (AvgIpc) is 3.30. The zero-order valence-corrected chi connectivity index (χ0v) is 22.9. The number of hydrogen-bond donors (Lipinski definition) is 1. The van der Waals surface area contributed by atoms with Gasteiger partial charge in [-0.25, -0.2) is 8.42 Å². The van der Waals surface area contributed by atoms with Crippen LogP contribution in [0.3, 0.4) is 0 Å². The Morgan fingerprint density at radius 2 is 1.69 bits per heavy atom. The molecule has 1 aliphatic rings. The van der Waals surface area contributed by atoms with Crippen molar-refractivity contribution in [3.63, 3.8) is 0 Å². The van der Waals surface area contributed by atoms with Gasteiger partial charge < -0.3 is 10.2 Å². The van der Waals surface area contributed by atoms with Crippen molar-refractivity contribution in [2.75, 3.05) is 17.1 Å². The van der Waals surface area contributed by atoms with Crippen LogP contribution in [0.25, 0.3) is 0 Å². The molecule has 0 radical (unpaired) electrons. The third kappa shape index (κ3) is 7.09. The van der Waals surface area contributed by atoms with Gasteiger partial charge in [-0.1, -0.05) is 67.3 Å². The van der Waals surface area contributed by atoms with E-state index < -0.39 is 22.0 Å². The van der Waals surface area contributed by atoms with E-state index in [9.17, 15) is 18.0 Å². The number of rotatable bonds is 10. The molecule has 1 fully saturated rings. The monoisotopic (exact) mass is 513 g/mol. The number of nitrogens with zero attached hydrogens (tertiary/aromatic N) is 2. The molecule has 0 heterocycles. The van der Waals surface area contributed by atoms with Gasteiger partial charge in [-0.15, -0.1) is 0 Å². The van der Waals surface area contributed by atoms with Crippen molar-refractivity contribution in [3.8, 4) is 0 Å². The standard InChI is InChI=1S/C28H39N3O4S/c1-6-25(28(33)29-24-12-7-8-13-24)30(18-23-11-9-10-20(2)17-23)27(32)19-31(36(5,34)35)26-15-14-21(3)16-22(26)4/h9-11,14-17,24-25H,6-8,12-13,18-19H2,1-5H3,(H,29,33)/t25-/m1/s1. The minimum atomic E-state index is -3.75. The molecule has 0 spiro atoms. The van der Waals surface area contributed by atoms with Crippen molar-refractivity contribution < 1.29 is 18.0 Å². The number of carbonyl (C=O) groups is 2. The summed E-state index contributed by atoms with van der Waals surface area (Å²) in [6.07, 6.45) is 5.61. The molecule has 1 saturated carbocycles. The molecule has 3 rings (SSSR count). The van der Waals surface area contributed by atoms with E-state index >= 15 is 0 Å². The molecule has 2 aromatic carbocycles. The Labute approximate surface area is 215 Å². The highest BCUT2D eigenvalue weighted by molar-refractivity contribution is 7.92. The summed E-state index contributed by atoms with van der Waals surface area (Å²) >= 11 is 0. The van der Waals surface area contributed by atoms with E-state index in [0.717, 1.165) is 58.5 Å². The Morgan fingerprint density at radius 1 is 1.03 bits per heavy atom. The molecule has 0 aromatic heterocycles. The zero-order chi connectivity index (χ0) is 26.5. The first-order valence-corrected chi connectivity index (χ1v) is 14.5. The lowest BCUT2D eigenvalue weighted by molar-refractivity contribution is -0.140. The van der Waals surface area contributed by atoms with Gasteiger partial charge in [-0.2, -0.15) is 0 Å². The molecule has 8 heteroatoms. The minimum Gasteiger partial charge on any atom is -0.352 e. The van der Waals surface area contributed by atoms with E-state index in [2.05, 4.69) is 5.32 Å². The number of anilines is 1. The quantitative estimate of drug-likeness (QED) is 0.515. The highest BCUT2D eigenvalue weighted by atomic mass is 32.2. The van der Waals surface area contributed by atoms with Gasteiger partial charge in [0.2, 0.25) is 21.8 Å². The highest BCUT2D eigenvalue weighted by Crippen LogP contribution is 2.25. The Balaban J connectivity index is 1.94. The number of aryl methyl sites for hydroxylation is 3. The number of amides is 2. The van der Waals surface area contributed by atoms with Crippen LogP contribution in [0.5, 0.6) is 0 Å². The van der Waals surface area contributed by atoms with E-state index in [1.165, 1.54) is 0 Å². The SMILES string of the molecule is CC[C@H](C(=O)NC1CCCC1)N(Cc1cccc(C)c1)C(=O)CN(c1ccc(C)cc1C)S(C)(=O)=O. The average molecular weight is 514 g/mol. The summed E-state index contributed by atoms with van der Waals surface area (Å²) in [6, 6.07) is 12.7. The summed E-state index contributed by atoms with van der Waals surface area (Å²) in [7, 11) is -3.75. The van der Waals surface area contributed by atoms with Gasteiger partial charge in [0.15, 0.2) is 0 Å².